The Labute approximate surface area is 115 Å². The lowest BCUT2D eigenvalue weighted by atomic mass is 10.0. The highest BCUT2D eigenvalue weighted by Gasteiger charge is 2.43. The summed E-state index contributed by atoms with van der Waals surface area (Å²) in [6.07, 6.45) is 1.75. The van der Waals surface area contributed by atoms with E-state index in [2.05, 4.69) is 5.92 Å². The van der Waals surface area contributed by atoms with Gasteiger partial charge in [-0.1, -0.05) is 30.2 Å². The first-order chi connectivity index (χ1) is 9.43. The van der Waals surface area contributed by atoms with Gasteiger partial charge in [0.2, 0.25) is 0 Å². The molecule has 0 fully saturated rings. The minimum absolute atomic E-state index is 0.0134. The Bertz CT molecular complexity index is 545. The van der Waals surface area contributed by atoms with Crippen molar-refractivity contribution in [2.24, 2.45) is 0 Å². The molecule has 1 aliphatic carbocycles. The van der Waals surface area contributed by atoms with E-state index in [1.54, 1.807) is 0 Å². The Morgan fingerprint density at radius 2 is 2.10 bits per heavy atom. The normalized spacial score (nSPS) is 17.4. The molecule has 0 heterocycles. The smallest absolute Gasteiger partial charge is 0.323 e. The molecule has 0 aromatic heterocycles. The van der Waals surface area contributed by atoms with Gasteiger partial charge in [0.05, 0.1) is 6.54 Å². The molecule has 0 radical (unpaired) electrons. The highest BCUT2D eigenvalue weighted by Crippen LogP contribution is 2.34. The fraction of sp³-hybridized carbons (Fsp3) is 0.400. The molecule has 1 aromatic rings. The molecule has 0 saturated heterocycles. The van der Waals surface area contributed by atoms with Crippen LogP contribution in [0.5, 0.6) is 0 Å². The second-order valence-corrected chi connectivity index (χ2v) is 4.82. The lowest BCUT2D eigenvalue weighted by molar-refractivity contribution is -0.185. The van der Waals surface area contributed by atoms with Gasteiger partial charge in [0.25, 0.3) is 0 Å². The van der Waals surface area contributed by atoms with Gasteiger partial charge in [-0.25, -0.2) is 0 Å². The third-order valence-corrected chi connectivity index (χ3v) is 3.51. The second-order valence-electron chi connectivity index (χ2n) is 4.82. The van der Waals surface area contributed by atoms with E-state index in [1.165, 1.54) is 0 Å². The number of benzene rings is 1. The van der Waals surface area contributed by atoms with Crippen molar-refractivity contribution in [3.05, 3.63) is 35.4 Å². The van der Waals surface area contributed by atoms with Crippen molar-refractivity contribution in [3.8, 4) is 12.3 Å². The molecule has 0 saturated carbocycles. The van der Waals surface area contributed by atoms with Gasteiger partial charge < -0.3 is 4.90 Å². The number of halogens is 3. The van der Waals surface area contributed by atoms with E-state index in [0.29, 0.717) is 4.90 Å². The van der Waals surface area contributed by atoms with Gasteiger partial charge in [-0.3, -0.25) is 4.79 Å². The maximum Gasteiger partial charge on any atom is 0.471 e. The van der Waals surface area contributed by atoms with Crippen LogP contribution in [0, 0.1) is 12.3 Å². The standard InChI is InChI=1S/C15H14F3NO/c1-2-9-19(14(20)15(16,17)18)10-12-8-7-11-5-3-4-6-13(11)12/h1,3-6,12H,7-10H2. The van der Waals surface area contributed by atoms with Crippen LogP contribution in [0.25, 0.3) is 0 Å². The highest BCUT2D eigenvalue weighted by atomic mass is 19.4. The maximum atomic E-state index is 12.5. The fourth-order valence-corrected chi connectivity index (χ4v) is 2.61. The van der Waals surface area contributed by atoms with Gasteiger partial charge in [0.15, 0.2) is 0 Å². The summed E-state index contributed by atoms with van der Waals surface area (Å²) in [5, 5.41) is 0. The van der Waals surface area contributed by atoms with E-state index in [0.717, 1.165) is 24.0 Å². The largest absolute Gasteiger partial charge is 0.471 e. The molecule has 1 aliphatic rings. The third kappa shape index (κ3) is 2.96. The summed E-state index contributed by atoms with van der Waals surface area (Å²) in [4.78, 5) is 12.1. The Morgan fingerprint density at radius 3 is 2.75 bits per heavy atom. The molecule has 1 aromatic carbocycles. The summed E-state index contributed by atoms with van der Waals surface area (Å²) in [5.41, 5.74) is 2.15. The van der Waals surface area contributed by atoms with E-state index in [1.807, 2.05) is 24.3 Å². The van der Waals surface area contributed by atoms with Crippen molar-refractivity contribution in [1.82, 2.24) is 4.90 Å². The first-order valence-corrected chi connectivity index (χ1v) is 6.31. The van der Waals surface area contributed by atoms with E-state index in [-0.39, 0.29) is 19.0 Å². The molecule has 2 rings (SSSR count). The zero-order chi connectivity index (χ0) is 14.8. The zero-order valence-corrected chi connectivity index (χ0v) is 10.8. The van der Waals surface area contributed by atoms with Crippen LogP contribution in [0.1, 0.15) is 23.5 Å². The van der Waals surface area contributed by atoms with Crippen molar-refractivity contribution < 1.29 is 18.0 Å². The van der Waals surface area contributed by atoms with Crippen LogP contribution < -0.4 is 0 Å². The van der Waals surface area contributed by atoms with Crippen LogP contribution in [0.15, 0.2) is 24.3 Å². The van der Waals surface area contributed by atoms with Crippen molar-refractivity contribution in [3.63, 3.8) is 0 Å². The predicted octanol–water partition coefficient (Wildman–Crippen LogP) is 2.74. The number of nitrogens with zero attached hydrogens (tertiary/aromatic N) is 1. The van der Waals surface area contributed by atoms with Gasteiger partial charge in [-0.15, -0.1) is 6.42 Å². The molecule has 1 atom stereocenters. The summed E-state index contributed by atoms with van der Waals surface area (Å²) in [6.45, 7) is -0.309. The number of alkyl halides is 3. The second kappa shape index (κ2) is 5.58. The topological polar surface area (TPSA) is 20.3 Å². The average Bonchev–Trinajstić information content (AvgIpc) is 2.80. The molecule has 1 unspecified atom stereocenters. The summed E-state index contributed by atoms with van der Waals surface area (Å²) in [7, 11) is 0. The SMILES string of the molecule is C#CCN(CC1CCc2ccccc21)C(=O)C(F)(F)F. The first kappa shape index (κ1) is 14.4. The number of carbonyl (C=O) groups excluding carboxylic acids is 1. The number of terminal acetylenes is 1. The molecule has 0 bridgehead atoms. The van der Waals surface area contributed by atoms with Crippen LogP contribution in [-0.4, -0.2) is 30.1 Å². The van der Waals surface area contributed by atoms with Crippen LogP contribution >= 0.6 is 0 Å². The summed E-state index contributed by atoms with van der Waals surface area (Å²) < 4.78 is 37.6. The van der Waals surface area contributed by atoms with Gasteiger partial charge in [0, 0.05) is 12.5 Å². The van der Waals surface area contributed by atoms with Gasteiger partial charge in [0.1, 0.15) is 0 Å². The minimum atomic E-state index is -4.88. The minimum Gasteiger partial charge on any atom is -0.323 e. The molecule has 1 amide bonds. The number of amides is 1. The van der Waals surface area contributed by atoms with Gasteiger partial charge in [-0.05, 0) is 24.0 Å². The number of rotatable bonds is 3. The number of carbonyl (C=O) groups is 1. The summed E-state index contributed by atoms with van der Waals surface area (Å²) in [5.74, 6) is 0.185. The van der Waals surface area contributed by atoms with Crippen molar-refractivity contribution in [1.29, 1.82) is 0 Å². The lowest BCUT2D eigenvalue weighted by Gasteiger charge is -2.25. The fourth-order valence-electron chi connectivity index (χ4n) is 2.61. The lowest BCUT2D eigenvalue weighted by Crippen LogP contribution is -2.43. The summed E-state index contributed by atoms with van der Waals surface area (Å²) in [6, 6.07) is 7.63. The monoisotopic (exact) mass is 281 g/mol. The molecular weight excluding hydrogens is 267 g/mol. The van der Waals surface area contributed by atoms with E-state index in [9.17, 15) is 18.0 Å². The van der Waals surface area contributed by atoms with Crippen molar-refractivity contribution in [2.75, 3.05) is 13.1 Å². The predicted molar refractivity (Wildman–Crippen MR) is 69.0 cm³/mol. The van der Waals surface area contributed by atoms with Crippen LogP contribution in [0.3, 0.4) is 0 Å². The van der Waals surface area contributed by atoms with E-state index < -0.39 is 12.1 Å². The van der Waals surface area contributed by atoms with Crippen molar-refractivity contribution >= 4 is 5.91 Å². The van der Waals surface area contributed by atoms with E-state index in [4.69, 9.17) is 6.42 Å². The Kier molecular flexibility index (Phi) is 4.03. The number of aryl methyl sites for hydroxylation is 1. The number of hydrogen-bond donors (Lipinski definition) is 0. The van der Waals surface area contributed by atoms with E-state index >= 15 is 0 Å². The molecule has 0 spiro atoms. The Balaban J connectivity index is 2.15. The molecule has 2 nitrogen and oxygen atoms in total. The van der Waals surface area contributed by atoms with Crippen LogP contribution in [-0.2, 0) is 11.2 Å². The van der Waals surface area contributed by atoms with Crippen LogP contribution in [0.4, 0.5) is 13.2 Å². The zero-order valence-electron chi connectivity index (χ0n) is 10.8. The quantitative estimate of drug-likeness (QED) is 0.780. The van der Waals surface area contributed by atoms with Crippen molar-refractivity contribution in [2.45, 2.75) is 24.9 Å². The number of hydrogen-bond acceptors (Lipinski definition) is 1. The molecule has 20 heavy (non-hydrogen) atoms. The molecule has 5 heteroatoms. The molecule has 106 valence electrons. The Hall–Kier alpha value is -1.96. The molecule has 0 aliphatic heterocycles. The summed E-state index contributed by atoms with van der Waals surface area (Å²) >= 11 is 0. The average molecular weight is 281 g/mol. The molecule has 0 N–H and O–H groups in total. The molecular formula is C15H14F3NO. The van der Waals surface area contributed by atoms with Crippen LogP contribution in [0.2, 0.25) is 0 Å². The number of fused-ring (bicyclic) bond motifs is 1. The maximum absolute atomic E-state index is 12.5. The first-order valence-electron chi connectivity index (χ1n) is 6.31. The third-order valence-electron chi connectivity index (χ3n) is 3.51. The highest BCUT2D eigenvalue weighted by molar-refractivity contribution is 5.82. The Morgan fingerprint density at radius 1 is 1.40 bits per heavy atom. The van der Waals surface area contributed by atoms with Gasteiger partial charge in [-0.2, -0.15) is 13.2 Å². The van der Waals surface area contributed by atoms with Gasteiger partial charge >= 0.3 is 12.1 Å².